The van der Waals surface area contributed by atoms with E-state index in [4.69, 9.17) is 14.2 Å². The molecule has 1 aliphatic carbocycles. The molecule has 200 valence electrons. The summed E-state index contributed by atoms with van der Waals surface area (Å²) in [5.74, 6) is -1.09. The summed E-state index contributed by atoms with van der Waals surface area (Å²) in [4.78, 5) is 29.6. The second-order valence-electron chi connectivity index (χ2n) is 8.59. The zero-order chi connectivity index (χ0) is 27.5. The first-order valence-electron chi connectivity index (χ1n) is 11.4. The summed E-state index contributed by atoms with van der Waals surface area (Å²) in [5, 5.41) is 15.2. The van der Waals surface area contributed by atoms with E-state index >= 15 is 0 Å². The molecule has 0 aliphatic heterocycles. The summed E-state index contributed by atoms with van der Waals surface area (Å²) in [6.07, 6.45) is -2.53. The van der Waals surface area contributed by atoms with Crippen LogP contribution < -0.4 is 24.8 Å². The Kier molecular flexibility index (Phi) is 7.33. The molecule has 1 saturated carbocycles. The van der Waals surface area contributed by atoms with Gasteiger partial charge in [0, 0.05) is 11.6 Å². The van der Waals surface area contributed by atoms with Crippen LogP contribution in [0.25, 0.3) is 0 Å². The first kappa shape index (κ1) is 26.6. The Hall–Kier alpha value is -4.48. The third-order valence-electron chi connectivity index (χ3n) is 5.87. The fourth-order valence-corrected chi connectivity index (χ4v) is 3.65. The zero-order valence-corrected chi connectivity index (χ0v) is 20.4. The second kappa shape index (κ2) is 10.5. The van der Waals surface area contributed by atoms with Crippen molar-refractivity contribution in [3.05, 3.63) is 71.5 Å². The van der Waals surface area contributed by atoms with Gasteiger partial charge in [0.05, 0.1) is 32.7 Å². The number of aromatic hydroxyl groups is 1. The highest BCUT2D eigenvalue weighted by atomic mass is 19.4. The van der Waals surface area contributed by atoms with Crippen molar-refractivity contribution in [2.75, 3.05) is 14.2 Å². The van der Waals surface area contributed by atoms with Crippen molar-refractivity contribution in [1.82, 2.24) is 15.6 Å². The van der Waals surface area contributed by atoms with Gasteiger partial charge in [-0.05, 0) is 55.3 Å². The summed E-state index contributed by atoms with van der Waals surface area (Å²) in [6, 6.07) is 10.4. The average Bonchev–Trinajstić information content (AvgIpc) is 3.67. The number of methoxy groups -OCH3 is 2. The van der Waals surface area contributed by atoms with Crippen LogP contribution >= 0.6 is 0 Å². The van der Waals surface area contributed by atoms with Crippen LogP contribution in [0.15, 0.2) is 54.7 Å². The summed E-state index contributed by atoms with van der Waals surface area (Å²) >= 11 is 0. The van der Waals surface area contributed by atoms with Crippen molar-refractivity contribution >= 4 is 11.8 Å². The normalized spacial score (nSPS) is 13.8. The summed E-state index contributed by atoms with van der Waals surface area (Å²) < 4.78 is 55.5. The number of benzene rings is 2. The summed E-state index contributed by atoms with van der Waals surface area (Å²) in [7, 11) is 2.67. The van der Waals surface area contributed by atoms with Crippen LogP contribution in [0.2, 0.25) is 0 Å². The van der Waals surface area contributed by atoms with Gasteiger partial charge in [0.25, 0.3) is 5.91 Å². The van der Waals surface area contributed by atoms with Gasteiger partial charge in [-0.1, -0.05) is 0 Å². The number of halogens is 3. The Bertz CT molecular complexity index is 1340. The minimum absolute atomic E-state index is 0.0209. The van der Waals surface area contributed by atoms with E-state index in [0.717, 1.165) is 12.1 Å². The SMILES string of the molecule is COc1cc(O)cc(C(=O)NC2(C(=O)NCc3ccc(Oc4ccc(OC)cc4C(F)(F)F)cn3)CC2)c1. The summed E-state index contributed by atoms with van der Waals surface area (Å²) in [6.45, 7) is 0.0209. The van der Waals surface area contributed by atoms with Gasteiger partial charge in [0.15, 0.2) is 0 Å². The molecule has 4 rings (SSSR count). The third kappa shape index (κ3) is 6.07. The van der Waals surface area contributed by atoms with Gasteiger partial charge < -0.3 is 30.0 Å². The van der Waals surface area contributed by atoms with Gasteiger partial charge in [-0.3, -0.25) is 14.6 Å². The molecule has 1 aliphatic rings. The lowest BCUT2D eigenvalue weighted by atomic mass is 10.1. The molecule has 3 aromatic rings. The lowest BCUT2D eigenvalue weighted by molar-refractivity contribution is -0.138. The zero-order valence-electron chi connectivity index (χ0n) is 20.4. The summed E-state index contributed by atoms with van der Waals surface area (Å²) in [5.41, 5.74) is -1.50. The van der Waals surface area contributed by atoms with Gasteiger partial charge >= 0.3 is 6.18 Å². The molecule has 0 unspecified atom stereocenters. The molecule has 3 N–H and O–H groups in total. The number of amides is 2. The molecule has 38 heavy (non-hydrogen) atoms. The minimum atomic E-state index is -4.65. The number of hydrogen-bond donors (Lipinski definition) is 3. The predicted octanol–water partition coefficient (Wildman–Crippen LogP) is 4.19. The molecule has 2 amide bonds. The van der Waals surface area contributed by atoms with Crippen molar-refractivity contribution in [1.29, 1.82) is 0 Å². The molecule has 0 spiro atoms. The number of alkyl halides is 3. The van der Waals surface area contributed by atoms with Crippen molar-refractivity contribution in [3.63, 3.8) is 0 Å². The first-order valence-corrected chi connectivity index (χ1v) is 11.4. The van der Waals surface area contributed by atoms with E-state index in [2.05, 4.69) is 15.6 Å². The first-order chi connectivity index (χ1) is 18.0. The number of pyridine rings is 1. The lowest BCUT2D eigenvalue weighted by Gasteiger charge is -2.18. The van der Waals surface area contributed by atoms with Gasteiger partial charge in [0.1, 0.15) is 39.8 Å². The van der Waals surface area contributed by atoms with E-state index in [0.29, 0.717) is 24.3 Å². The predicted molar refractivity (Wildman–Crippen MR) is 128 cm³/mol. The maximum Gasteiger partial charge on any atom is 0.420 e. The van der Waals surface area contributed by atoms with E-state index in [1.807, 2.05) is 0 Å². The third-order valence-corrected chi connectivity index (χ3v) is 5.87. The number of nitrogens with zero attached hydrogens (tertiary/aromatic N) is 1. The van der Waals surface area contributed by atoms with Gasteiger partial charge in [-0.2, -0.15) is 13.2 Å². The van der Waals surface area contributed by atoms with Crippen LogP contribution in [0, 0.1) is 0 Å². The fourth-order valence-electron chi connectivity index (χ4n) is 3.65. The maximum absolute atomic E-state index is 13.4. The van der Waals surface area contributed by atoms with Crippen LogP contribution in [-0.2, 0) is 17.5 Å². The van der Waals surface area contributed by atoms with Crippen molar-refractivity contribution < 1.29 is 42.1 Å². The van der Waals surface area contributed by atoms with Crippen LogP contribution in [0.4, 0.5) is 13.2 Å². The fraction of sp³-hybridized carbons (Fsp3) is 0.269. The van der Waals surface area contributed by atoms with Gasteiger partial charge in [-0.25, -0.2) is 0 Å². The van der Waals surface area contributed by atoms with E-state index < -0.39 is 34.8 Å². The molecule has 1 heterocycles. The molecular formula is C26H24F3N3O6. The number of ether oxygens (including phenoxy) is 3. The Morgan fingerprint density at radius 2 is 1.71 bits per heavy atom. The molecule has 2 aromatic carbocycles. The standard InChI is InChI=1S/C26H24F3N3O6/c1-36-18-5-6-22(21(12-18)26(27,28)29)38-19-4-3-16(30-14-19)13-31-24(35)25(7-8-25)32-23(34)15-9-17(33)11-20(10-15)37-2/h3-6,9-12,14,33H,7-8,13H2,1-2H3,(H,31,35)(H,32,34). The quantitative estimate of drug-likeness (QED) is 0.379. The largest absolute Gasteiger partial charge is 0.508 e. The number of aromatic nitrogens is 1. The van der Waals surface area contributed by atoms with E-state index in [-0.39, 0.29) is 29.4 Å². The Labute approximate surface area is 215 Å². The Morgan fingerprint density at radius 3 is 2.32 bits per heavy atom. The highest BCUT2D eigenvalue weighted by molar-refractivity contribution is 6.01. The number of phenolic OH excluding ortho intramolecular Hbond substituents is 1. The molecule has 0 radical (unpaired) electrons. The van der Waals surface area contributed by atoms with E-state index in [1.165, 1.54) is 56.8 Å². The number of carbonyl (C=O) groups excluding carboxylic acids is 2. The molecule has 1 fully saturated rings. The topological polar surface area (TPSA) is 119 Å². The molecule has 9 nitrogen and oxygen atoms in total. The van der Waals surface area contributed by atoms with Gasteiger partial charge in [0.2, 0.25) is 5.91 Å². The van der Waals surface area contributed by atoms with E-state index in [1.54, 1.807) is 0 Å². The second-order valence-corrected chi connectivity index (χ2v) is 8.59. The number of rotatable bonds is 9. The van der Waals surface area contributed by atoms with Crippen molar-refractivity contribution in [3.8, 4) is 28.7 Å². The highest BCUT2D eigenvalue weighted by Gasteiger charge is 2.51. The van der Waals surface area contributed by atoms with Gasteiger partial charge in [-0.15, -0.1) is 0 Å². The number of hydrogen-bond acceptors (Lipinski definition) is 7. The molecule has 1 aromatic heterocycles. The van der Waals surface area contributed by atoms with Crippen molar-refractivity contribution in [2.45, 2.75) is 31.1 Å². The molecule has 0 atom stereocenters. The molecule has 0 saturated heterocycles. The smallest absolute Gasteiger partial charge is 0.420 e. The molecular weight excluding hydrogens is 507 g/mol. The van der Waals surface area contributed by atoms with Crippen LogP contribution in [0.1, 0.15) is 34.5 Å². The van der Waals surface area contributed by atoms with E-state index in [9.17, 15) is 27.9 Å². The van der Waals surface area contributed by atoms with Crippen LogP contribution in [-0.4, -0.2) is 41.7 Å². The van der Waals surface area contributed by atoms with Crippen LogP contribution in [0.3, 0.4) is 0 Å². The Balaban J connectivity index is 1.36. The average molecular weight is 531 g/mol. The highest BCUT2D eigenvalue weighted by Crippen LogP contribution is 2.40. The number of nitrogens with one attached hydrogen (secondary N) is 2. The molecule has 0 bridgehead atoms. The Morgan fingerprint density at radius 1 is 1.00 bits per heavy atom. The molecule has 12 heteroatoms. The van der Waals surface area contributed by atoms with Crippen molar-refractivity contribution in [2.24, 2.45) is 0 Å². The lowest BCUT2D eigenvalue weighted by Crippen LogP contribution is -2.48. The van der Waals surface area contributed by atoms with Crippen LogP contribution in [0.5, 0.6) is 28.7 Å². The number of carbonyl (C=O) groups is 2. The number of phenols is 1. The minimum Gasteiger partial charge on any atom is -0.508 e. The monoisotopic (exact) mass is 531 g/mol. The maximum atomic E-state index is 13.4.